The van der Waals surface area contributed by atoms with Crippen LogP contribution in [0.4, 0.5) is 5.69 Å². The van der Waals surface area contributed by atoms with Gasteiger partial charge >= 0.3 is 0 Å². The van der Waals surface area contributed by atoms with Gasteiger partial charge in [0, 0.05) is 34.2 Å². The summed E-state index contributed by atoms with van der Waals surface area (Å²) in [6.45, 7) is 1.95. The second-order valence-corrected chi connectivity index (χ2v) is 4.84. The molecule has 0 unspecified atom stereocenters. The van der Waals surface area contributed by atoms with Gasteiger partial charge in [0.05, 0.1) is 10.6 Å². The van der Waals surface area contributed by atoms with Crippen LogP contribution in [0.5, 0.6) is 0 Å². The Hall–Kier alpha value is -2.95. The summed E-state index contributed by atoms with van der Waals surface area (Å²) in [5.41, 5.74) is 3.65. The Morgan fingerprint density at radius 1 is 1.19 bits per heavy atom. The number of hydrogen-bond acceptors (Lipinski definition) is 3. The van der Waals surface area contributed by atoms with E-state index in [0.29, 0.717) is 16.8 Å². The molecular formula is C16H12N2O3. The van der Waals surface area contributed by atoms with Crippen molar-refractivity contribution in [1.29, 1.82) is 0 Å². The van der Waals surface area contributed by atoms with Crippen LogP contribution in [0.3, 0.4) is 0 Å². The largest absolute Gasteiger partial charge is 0.354 e. The molecule has 104 valence electrons. The Kier molecular flexibility index (Phi) is 3.02. The number of carbonyl (C=O) groups excluding carboxylic acids is 1. The standard InChI is InChI=1S/C16H12N2O3/c1-10-4-2-7-13-14(9-19)16(17-15(10)13)11-5-3-6-12(8-11)18(20)21/h2-9,17H,1H3. The number of H-pyrrole nitrogens is 1. The Bertz CT molecular complexity index is 865. The molecule has 3 aromatic rings. The Morgan fingerprint density at radius 2 is 1.95 bits per heavy atom. The third kappa shape index (κ3) is 2.08. The van der Waals surface area contributed by atoms with Crippen LogP contribution in [-0.2, 0) is 0 Å². The molecule has 3 rings (SSSR count). The highest BCUT2D eigenvalue weighted by molar-refractivity contribution is 6.05. The molecule has 0 spiro atoms. The lowest BCUT2D eigenvalue weighted by Crippen LogP contribution is -1.89. The van der Waals surface area contributed by atoms with Crippen LogP contribution in [0.2, 0.25) is 0 Å². The minimum absolute atomic E-state index is 0.000253. The zero-order valence-electron chi connectivity index (χ0n) is 11.3. The van der Waals surface area contributed by atoms with Crippen molar-refractivity contribution in [2.75, 3.05) is 0 Å². The zero-order valence-corrected chi connectivity index (χ0v) is 11.3. The Labute approximate surface area is 120 Å². The summed E-state index contributed by atoms with van der Waals surface area (Å²) in [5.74, 6) is 0. The SMILES string of the molecule is Cc1cccc2c(C=O)c(-c3cccc([N+](=O)[O-])c3)[nH]c12. The number of hydrogen-bond donors (Lipinski definition) is 1. The third-order valence-corrected chi connectivity index (χ3v) is 3.55. The van der Waals surface area contributed by atoms with Crippen LogP contribution in [-0.4, -0.2) is 16.2 Å². The number of aryl methyl sites for hydroxylation is 1. The second-order valence-electron chi connectivity index (χ2n) is 4.84. The van der Waals surface area contributed by atoms with Crippen LogP contribution in [0.15, 0.2) is 42.5 Å². The van der Waals surface area contributed by atoms with E-state index >= 15 is 0 Å². The van der Waals surface area contributed by atoms with E-state index < -0.39 is 4.92 Å². The van der Waals surface area contributed by atoms with Crippen LogP contribution in [0.25, 0.3) is 22.2 Å². The van der Waals surface area contributed by atoms with Crippen molar-refractivity contribution in [1.82, 2.24) is 4.98 Å². The molecule has 0 aliphatic carbocycles. The molecule has 5 nitrogen and oxygen atoms in total. The van der Waals surface area contributed by atoms with Crippen molar-refractivity contribution in [3.8, 4) is 11.3 Å². The number of nitro benzene ring substituents is 1. The fourth-order valence-electron chi connectivity index (χ4n) is 2.51. The molecule has 0 aliphatic rings. The maximum absolute atomic E-state index is 11.5. The van der Waals surface area contributed by atoms with Gasteiger partial charge in [-0.15, -0.1) is 0 Å². The van der Waals surface area contributed by atoms with Crippen molar-refractivity contribution in [3.05, 3.63) is 63.7 Å². The number of para-hydroxylation sites is 1. The van der Waals surface area contributed by atoms with E-state index in [0.717, 1.165) is 22.8 Å². The van der Waals surface area contributed by atoms with E-state index in [1.807, 2.05) is 25.1 Å². The first-order valence-corrected chi connectivity index (χ1v) is 6.43. The number of aldehydes is 1. The minimum Gasteiger partial charge on any atom is -0.354 e. The summed E-state index contributed by atoms with van der Waals surface area (Å²) >= 11 is 0. The number of aromatic nitrogens is 1. The van der Waals surface area contributed by atoms with Gasteiger partial charge in [-0.25, -0.2) is 0 Å². The lowest BCUT2D eigenvalue weighted by molar-refractivity contribution is -0.384. The number of non-ortho nitro benzene ring substituents is 1. The van der Waals surface area contributed by atoms with Crippen molar-refractivity contribution in [2.45, 2.75) is 6.92 Å². The molecule has 0 radical (unpaired) electrons. The quantitative estimate of drug-likeness (QED) is 0.449. The van der Waals surface area contributed by atoms with Crippen LogP contribution >= 0.6 is 0 Å². The van der Waals surface area contributed by atoms with E-state index in [4.69, 9.17) is 0 Å². The highest BCUT2D eigenvalue weighted by atomic mass is 16.6. The Balaban J connectivity index is 2.30. The molecule has 0 aliphatic heterocycles. The molecule has 0 atom stereocenters. The van der Waals surface area contributed by atoms with Gasteiger partial charge < -0.3 is 4.98 Å². The highest BCUT2D eigenvalue weighted by Crippen LogP contribution is 2.32. The van der Waals surface area contributed by atoms with Crippen molar-refractivity contribution in [2.24, 2.45) is 0 Å². The topological polar surface area (TPSA) is 76.0 Å². The Morgan fingerprint density at radius 3 is 2.67 bits per heavy atom. The van der Waals surface area contributed by atoms with Gasteiger partial charge in [0.2, 0.25) is 0 Å². The first-order chi connectivity index (χ1) is 10.1. The summed E-state index contributed by atoms with van der Waals surface area (Å²) in [4.78, 5) is 25.1. The van der Waals surface area contributed by atoms with Gasteiger partial charge in [-0.3, -0.25) is 14.9 Å². The summed E-state index contributed by atoms with van der Waals surface area (Å²) in [7, 11) is 0. The summed E-state index contributed by atoms with van der Waals surface area (Å²) in [6.07, 6.45) is 0.784. The number of carbonyl (C=O) groups is 1. The van der Waals surface area contributed by atoms with Gasteiger partial charge in [-0.05, 0) is 12.5 Å². The number of nitrogens with zero attached hydrogens (tertiary/aromatic N) is 1. The molecule has 21 heavy (non-hydrogen) atoms. The van der Waals surface area contributed by atoms with Crippen LogP contribution in [0.1, 0.15) is 15.9 Å². The van der Waals surface area contributed by atoms with Gasteiger partial charge in [-0.2, -0.15) is 0 Å². The zero-order chi connectivity index (χ0) is 15.0. The first kappa shape index (κ1) is 13.1. The molecule has 0 amide bonds. The summed E-state index contributed by atoms with van der Waals surface area (Å²) < 4.78 is 0. The van der Waals surface area contributed by atoms with Crippen LogP contribution in [0, 0.1) is 17.0 Å². The van der Waals surface area contributed by atoms with Crippen molar-refractivity contribution < 1.29 is 9.72 Å². The smallest absolute Gasteiger partial charge is 0.270 e. The molecule has 1 heterocycles. The third-order valence-electron chi connectivity index (χ3n) is 3.55. The molecule has 0 saturated heterocycles. The molecule has 0 bridgehead atoms. The molecule has 5 heteroatoms. The minimum atomic E-state index is -0.446. The highest BCUT2D eigenvalue weighted by Gasteiger charge is 2.15. The molecule has 2 aromatic carbocycles. The van der Waals surface area contributed by atoms with Gasteiger partial charge in [-0.1, -0.05) is 30.3 Å². The first-order valence-electron chi connectivity index (χ1n) is 6.43. The average Bonchev–Trinajstić information content (AvgIpc) is 2.87. The number of benzene rings is 2. The van der Waals surface area contributed by atoms with Gasteiger partial charge in [0.25, 0.3) is 5.69 Å². The lowest BCUT2D eigenvalue weighted by atomic mass is 10.0. The number of nitrogens with one attached hydrogen (secondary N) is 1. The number of nitro groups is 1. The maximum atomic E-state index is 11.5. The average molecular weight is 280 g/mol. The molecular weight excluding hydrogens is 268 g/mol. The molecule has 1 aromatic heterocycles. The van der Waals surface area contributed by atoms with Crippen molar-refractivity contribution >= 4 is 22.9 Å². The van der Waals surface area contributed by atoms with E-state index in [9.17, 15) is 14.9 Å². The number of fused-ring (bicyclic) bond motifs is 1. The molecule has 0 saturated carbocycles. The number of rotatable bonds is 3. The van der Waals surface area contributed by atoms with Crippen molar-refractivity contribution in [3.63, 3.8) is 0 Å². The predicted octanol–water partition coefficient (Wildman–Crippen LogP) is 3.86. The van der Waals surface area contributed by atoms with E-state index in [-0.39, 0.29) is 5.69 Å². The summed E-state index contributed by atoms with van der Waals surface area (Å²) in [6, 6.07) is 12.0. The lowest BCUT2D eigenvalue weighted by Gasteiger charge is -2.00. The number of aromatic amines is 1. The fourth-order valence-corrected chi connectivity index (χ4v) is 2.51. The maximum Gasteiger partial charge on any atom is 0.270 e. The predicted molar refractivity (Wildman–Crippen MR) is 80.5 cm³/mol. The van der Waals surface area contributed by atoms with Gasteiger partial charge in [0.15, 0.2) is 6.29 Å². The molecule has 0 fully saturated rings. The van der Waals surface area contributed by atoms with Crippen LogP contribution < -0.4 is 0 Å². The van der Waals surface area contributed by atoms with E-state index in [1.54, 1.807) is 12.1 Å². The molecule has 1 N–H and O–H groups in total. The fraction of sp³-hybridized carbons (Fsp3) is 0.0625. The normalized spacial score (nSPS) is 10.7. The van der Waals surface area contributed by atoms with E-state index in [2.05, 4.69) is 4.98 Å². The summed E-state index contributed by atoms with van der Waals surface area (Å²) in [5, 5.41) is 11.7. The monoisotopic (exact) mass is 280 g/mol. The van der Waals surface area contributed by atoms with E-state index in [1.165, 1.54) is 12.1 Å². The second kappa shape index (κ2) is 4.86. The van der Waals surface area contributed by atoms with Gasteiger partial charge in [0.1, 0.15) is 0 Å².